The molecule has 0 atom stereocenters. The van der Waals surface area contributed by atoms with Gasteiger partial charge in [0.15, 0.2) is 0 Å². The van der Waals surface area contributed by atoms with Crippen molar-refractivity contribution < 1.29 is 9.53 Å². The average Bonchev–Trinajstić information content (AvgIpc) is 2.15. The molecule has 2 nitrogen and oxygen atoms in total. The molecule has 0 aromatic rings. The largest absolute Gasteiger partial charge is 0.456 e. The fourth-order valence-electron chi connectivity index (χ4n) is 1.27. The molecule has 0 aliphatic heterocycles. The van der Waals surface area contributed by atoms with Crippen LogP contribution in [0.2, 0.25) is 0 Å². The van der Waals surface area contributed by atoms with Crippen LogP contribution in [0.4, 0.5) is 0 Å². The van der Waals surface area contributed by atoms with Gasteiger partial charge in [-0.05, 0) is 18.8 Å². The summed E-state index contributed by atoms with van der Waals surface area (Å²) in [4.78, 5) is 10.9. The quantitative estimate of drug-likeness (QED) is 0.396. The molecule has 2 heteroatoms. The second-order valence-electron chi connectivity index (χ2n) is 4.47. The molecule has 15 heavy (non-hydrogen) atoms. The van der Waals surface area contributed by atoms with E-state index in [1.165, 1.54) is 12.8 Å². The highest BCUT2D eigenvalue weighted by Gasteiger charge is 2.15. The molecule has 0 N–H and O–H groups in total. The minimum absolute atomic E-state index is 0.204. The van der Waals surface area contributed by atoms with Crippen LogP contribution in [0.15, 0.2) is 0 Å². The van der Waals surface area contributed by atoms with E-state index in [2.05, 4.69) is 32.6 Å². The highest BCUT2D eigenvalue weighted by atomic mass is 16.5. The maximum Gasteiger partial charge on any atom is 0.384 e. The normalized spacial score (nSPS) is 10.4. The van der Waals surface area contributed by atoms with Gasteiger partial charge in [0.25, 0.3) is 0 Å². The second kappa shape index (κ2) is 7.34. The lowest BCUT2D eigenvalue weighted by molar-refractivity contribution is -0.136. The van der Waals surface area contributed by atoms with Gasteiger partial charge in [-0.25, -0.2) is 4.79 Å². The standard InChI is InChI=1S/C13H22O2/c1-5-7-10-13(3,4)11-8-9-12(14)15-6-2/h5-7,10-11H2,1-4H3. The molecule has 0 saturated carbocycles. The molecule has 0 spiro atoms. The SMILES string of the molecule is CCCCC(C)(C)CC#CC(=O)OCC. The van der Waals surface area contributed by atoms with Crippen LogP contribution in [0.3, 0.4) is 0 Å². The van der Waals surface area contributed by atoms with Gasteiger partial charge in [-0.1, -0.05) is 39.5 Å². The zero-order valence-corrected chi connectivity index (χ0v) is 10.4. The van der Waals surface area contributed by atoms with Crippen LogP contribution in [0.25, 0.3) is 0 Å². The van der Waals surface area contributed by atoms with E-state index in [0.29, 0.717) is 6.61 Å². The second-order valence-corrected chi connectivity index (χ2v) is 4.47. The molecular weight excluding hydrogens is 188 g/mol. The fraction of sp³-hybridized carbons (Fsp3) is 0.769. The van der Waals surface area contributed by atoms with Gasteiger partial charge in [0.2, 0.25) is 0 Å². The maximum absolute atomic E-state index is 10.9. The topological polar surface area (TPSA) is 26.3 Å². The summed E-state index contributed by atoms with van der Waals surface area (Å²) in [6.45, 7) is 8.73. The number of unbranched alkanes of at least 4 members (excludes halogenated alkanes) is 1. The summed E-state index contributed by atoms with van der Waals surface area (Å²) in [5.41, 5.74) is 0.204. The fourth-order valence-corrected chi connectivity index (χ4v) is 1.27. The molecule has 0 unspecified atom stereocenters. The zero-order chi connectivity index (χ0) is 11.7. The summed E-state index contributed by atoms with van der Waals surface area (Å²) in [5.74, 6) is 4.99. The Labute approximate surface area is 93.4 Å². The van der Waals surface area contributed by atoms with E-state index in [-0.39, 0.29) is 5.41 Å². The summed E-state index contributed by atoms with van der Waals surface area (Å²) in [6, 6.07) is 0. The predicted octanol–water partition coefficient (Wildman–Crippen LogP) is 3.16. The van der Waals surface area contributed by atoms with E-state index in [9.17, 15) is 4.79 Å². The van der Waals surface area contributed by atoms with Gasteiger partial charge in [0.05, 0.1) is 6.61 Å². The monoisotopic (exact) mass is 210 g/mol. The van der Waals surface area contributed by atoms with Crippen molar-refractivity contribution in [1.82, 2.24) is 0 Å². The van der Waals surface area contributed by atoms with Crippen LogP contribution >= 0.6 is 0 Å². The lowest BCUT2D eigenvalue weighted by atomic mass is 9.84. The van der Waals surface area contributed by atoms with E-state index < -0.39 is 5.97 Å². The third-order valence-corrected chi connectivity index (χ3v) is 2.24. The lowest BCUT2D eigenvalue weighted by Crippen LogP contribution is -2.10. The number of rotatable bonds is 5. The zero-order valence-electron chi connectivity index (χ0n) is 10.4. The van der Waals surface area contributed by atoms with E-state index in [1.807, 2.05) is 0 Å². The number of hydrogen-bond acceptors (Lipinski definition) is 2. The summed E-state index contributed by atoms with van der Waals surface area (Å²) < 4.78 is 4.73. The Kier molecular flexibility index (Phi) is 6.86. The highest BCUT2D eigenvalue weighted by molar-refractivity contribution is 5.88. The Bertz CT molecular complexity index is 243. The number of carbonyl (C=O) groups is 1. The van der Waals surface area contributed by atoms with Gasteiger partial charge in [-0.15, -0.1) is 0 Å². The van der Waals surface area contributed by atoms with Crippen molar-refractivity contribution in [2.45, 2.75) is 53.4 Å². The van der Waals surface area contributed by atoms with E-state index >= 15 is 0 Å². The Morgan fingerprint density at radius 1 is 1.33 bits per heavy atom. The smallest absolute Gasteiger partial charge is 0.384 e. The first kappa shape index (κ1) is 14.0. The van der Waals surface area contributed by atoms with Crippen molar-refractivity contribution in [2.24, 2.45) is 5.41 Å². The van der Waals surface area contributed by atoms with Gasteiger partial charge in [0.1, 0.15) is 0 Å². The molecule has 86 valence electrons. The van der Waals surface area contributed by atoms with Gasteiger partial charge >= 0.3 is 5.97 Å². The van der Waals surface area contributed by atoms with Crippen molar-refractivity contribution in [3.63, 3.8) is 0 Å². The predicted molar refractivity (Wildman–Crippen MR) is 62.3 cm³/mol. The highest BCUT2D eigenvalue weighted by Crippen LogP contribution is 2.26. The first-order chi connectivity index (χ1) is 7.02. The van der Waals surface area contributed by atoms with Crippen molar-refractivity contribution in [3.05, 3.63) is 0 Å². The first-order valence-electron chi connectivity index (χ1n) is 5.67. The number of esters is 1. The lowest BCUT2D eigenvalue weighted by Gasteiger charge is -2.20. The average molecular weight is 210 g/mol. The van der Waals surface area contributed by atoms with Gasteiger partial charge < -0.3 is 4.74 Å². The van der Waals surface area contributed by atoms with Crippen LogP contribution in [0.5, 0.6) is 0 Å². The van der Waals surface area contributed by atoms with Crippen LogP contribution in [-0.2, 0) is 9.53 Å². The summed E-state index contributed by atoms with van der Waals surface area (Å²) in [5, 5.41) is 0. The van der Waals surface area contributed by atoms with E-state index in [4.69, 9.17) is 4.74 Å². The Morgan fingerprint density at radius 3 is 2.53 bits per heavy atom. The molecule has 0 saturated heterocycles. The van der Waals surface area contributed by atoms with Gasteiger partial charge in [-0.3, -0.25) is 0 Å². The Hall–Kier alpha value is -0.970. The van der Waals surface area contributed by atoms with E-state index in [1.54, 1.807) is 6.92 Å². The molecule has 0 fully saturated rings. The van der Waals surface area contributed by atoms with Gasteiger partial charge in [0, 0.05) is 12.3 Å². The summed E-state index contributed by atoms with van der Waals surface area (Å²) >= 11 is 0. The number of carbonyl (C=O) groups excluding carboxylic acids is 1. The molecule has 0 rings (SSSR count). The molecule has 0 heterocycles. The van der Waals surface area contributed by atoms with Crippen molar-refractivity contribution in [2.75, 3.05) is 6.61 Å². The third kappa shape index (κ3) is 8.05. The van der Waals surface area contributed by atoms with Gasteiger partial charge in [-0.2, -0.15) is 0 Å². The summed E-state index contributed by atoms with van der Waals surface area (Å²) in [7, 11) is 0. The Morgan fingerprint density at radius 2 is 2.00 bits per heavy atom. The molecule has 0 radical (unpaired) electrons. The molecule has 0 aromatic heterocycles. The van der Waals surface area contributed by atoms with Crippen molar-refractivity contribution in [3.8, 4) is 11.8 Å². The van der Waals surface area contributed by atoms with E-state index in [0.717, 1.165) is 12.8 Å². The summed E-state index contributed by atoms with van der Waals surface area (Å²) in [6.07, 6.45) is 4.33. The Balaban J connectivity index is 3.95. The third-order valence-electron chi connectivity index (χ3n) is 2.24. The minimum atomic E-state index is -0.413. The van der Waals surface area contributed by atoms with Crippen molar-refractivity contribution >= 4 is 5.97 Å². The number of hydrogen-bond donors (Lipinski definition) is 0. The molecular formula is C13H22O2. The van der Waals surface area contributed by atoms with Crippen LogP contribution in [0, 0.1) is 17.3 Å². The molecule has 0 bridgehead atoms. The molecule has 0 aromatic carbocycles. The van der Waals surface area contributed by atoms with Crippen molar-refractivity contribution in [1.29, 1.82) is 0 Å². The number of ether oxygens (including phenoxy) is 1. The van der Waals surface area contributed by atoms with Crippen LogP contribution in [-0.4, -0.2) is 12.6 Å². The van der Waals surface area contributed by atoms with Crippen LogP contribution in [0.1, 0.15) is 53.4 Å². The molecule has 0 aliphatic rings. The first-order valence-corrected chi connectivity index (χ1v) is 5.67. The molecule has 0 amide bonds. The maximum atomic E-state index is 10.9. The van der Waals surface area contributed by atoms with Crippen LogP contribution < -0.4 is 0 Å². The minimum Gasteiger partial charge on any atom is -0.456 e. The molecule has 0 aliphatic carbocycles.